The molecule has 0 aliphatic carbocycles. The normalized spacial score (nSPS) is 49.0. The van der Waals surface area contributed by atoms with Gasteiger partial charge in [-0.1, -0.05) is 27.7 Å². The molecule has 0 aromatic heterocycles. The number of hydrogen-bond donors (Lipinski definition) is 4. The zero-order valence-corrected chi connectivity index (χ0v) is 33.9. The molecule has 0 spiro atoms. The predicted octanol–water partition coefficient (Wildman–Crippen LogP) is 2.44. The molecule has 304 valence electrons. The highest BCUT2D eigenvalue weighted by Gasteiger charge is 2.54. The Bertz CT molecular complexity index is 1190. The number of carbonyl (C=O) groups excluding carboxylic acids is 2. The van der Waals surface area contributed by atoms with Crippen molar-refractivity contribution in [3.63, 3.8) is 0 Å². The van der Waals surface area contributed by atoms with Crippen molar-refractivity contribution in [3.05, 3.63) is 0 Å². The van der Waals surface area contributed by atoms with Gasteiger partial charge in [0, 0.05) is 44.9 Å². The number of likely N-dealkylation sites (N-methyl/N-ethyl adjacent to an activating group) is 1. The highest BCUT2D eigenvalue weighted by Crippen LogP contribution is 2.42. The van der Waals surface area contributed by atoms with Crippen LogP contribution in [0.5, 0.6) is 0 Å². The Hall–Kier alpha value is -1.30. The average Bonchev–Trinajstić information content (AvgIpc) is 3.09. The Labute approximate surface area is 310 Å². The lowest BCUT2D eigenvalue weighted by molar-refractivity contribution is -0.321. The summed E-state index contributed by atoms with van der Waals surface area (Å²) in [5, 5.41) is 45.5. The van der Waals surface area contributed by atoms with E-state index in [0.717, 1.165) is 0 Å². The quantitative estimate of drug-likeness (QED) is 0.266. The van der Waals surface area contributed by atoms with Crippen LogP contribution in [0.15, 0.2) is 0 Å². The van der Waals surface area contributed by atoms with Crippen LogP contribution in [-0.2, 0) is 42.7 Å². The Morgan fingerprint density at radius 1 is 0.885 bits per heavy atom. The van der Waals surface area contributed by atoms with E-state index in [1.165, 1.54) is 21.1 Å². The maximum absolute atomic E-state index is 14.2. The number of cyclic esters (lactones) is 1. The van der Waals surface area contributed by atoms with E-state index in [1.807, 2.05) is 46.7 Å². The summed E-state index contributed by atoms with van der Waals surface area (Å²) in [4.78, 5) is 30.0. The minimum atomic E-state index is -1.96. The number of ether oxygens (including phenoxy) is 7. The molecular formula is C38H69NO13. The number of hydrogen-bond acceptors (Lipinski definition) is 14. The summed E-state index contributed by atoms with van der Waals surface area (Å²) in [5.41, 5.74) is -4.25. The van der Waals surface area contributed by atoms with E-state index in [1.54, 1.807) is 34.6 Å². The number of carbonyl (C=O) groups is 2. The van der Waals surface area contributed by atoms with Crippen LogP contribution in [0, 0.1) is 23.7 Å². The number of aliphatic hydroxyl groups is 4. The van der Waals surface area contributed by atoms with E-state index in [2.05, 4.69) is 0 Å². The van der Waals surface area contributed by atoms with E-state index in [0.29, 0.717) is 6.42 Å². The summed E-state index contributed by atoms with van der Waals surface area (Å²) < 4.78 is 43.9. The molecule has 3 aliphatic rings. The zero-order valence-electron chi connectivity index (χ0n) is 33.9. The highest BCUT2D eigenvalue weighted by atomic mass is 16.7. The first-order valence-corrected chi connectivity index (χ1v) is 18.9. The fourth-order valence-electron chi connectivity index (χ4n) is 8.38. The molecule has 0 aromatic rings. The number of rotatable bonds is 8. The molecule has 4 N–H and O–H groups in total. The first-order valence-electron chi connectivity index (χ1n) is 18.9. The lowest BCUT2D eigenvalue weighted by Gasteiger charge is -2.50. The summed E-state index contributed by atoms with van der Waals surface area (Å²) in [6.07, 6.45) is -8.91. The molecule has 3 heterocycles. The van der Waals surface area contributed by atoms with E-state index >= 15 is 0 Å². The van der Waals surface area contributed by atoms with Gasteiger partial charge in [0.05, 0.1) is 47.6 Å². The van der Waals surface area contributed by atoms with Gasteiger partial charge in [-0.3, -0.25) is 9.59 Å². The van der Waals surface area contributed by atoms with Crippen LogP contribution in [0.25, 0.3) is 0 Å². The Kier molecular flexibility index (Phi) is 15.3. The minimum Gasteiger partial charge on any atom is -0.459 e. The maximum Gasteiger partial charge on any atom is 0.311 e. The summed E-state index contributed by atoms with van der Waals surface area (Å²) in [6.45, 7) is 17.2. The third kappa shape index (κ3) is 9.21. The van der Waals surface area contributed by atoms with Crippen LogP contribution in [0.2, 0.25) is 0 Å². The van der Waals surface area contributed by atoms with Crippen molar-refractivity contribution in [1.29, 1.82) is 0 Å². The van der Waals surface area contributed by atoms with Crippen LogP contribution in [0.4, 0.5) is 0 Å². The van der Waals surface area contributed by atoms with Gasteiger partial charge < -0.3 is 58.5 Å². The lowest BCUT2D eigenvalue weighted by Crippen LogP contribution is -2.62. The SMILES string of the molecule is CC[C@H]1OC(=O)[C@H](C)[C@@H](O[C@H]2C[C@@](C)(OC)[C@@H](O)[C@H](C)O2)[C@H](C)[C@@H](O[C@@H]2O[C@H](C)C[C@H](N(C)C)[C@H]2O)[C@](C)(OC)[C@H](C)CC(=O)[C@H](C)[C@@H](O)[C@]1(C)O. The average molecular weight is 748 g/mol. The van der Waals surface area contributed by atoms with Crippen LogP contribution in [-0.4, -0.2) is 150 Å². The van der Waals surface area contributed by atoms with Gasteiger partial charge in [-0.25, -0.2) is 0 Å². The molecule has 18 atom stereocenters. The van der Waals surface area contributed by atoms with Crippen molar-refractivity contribution in [3.8, 4) is 0 Å². The zero-order chi connectivity index (χ0) is 39.7. The first-order chi connectivity index (χ1) is 24.0. The van der Waals surface area contributed by atoms with Crippen molar-refractivity contribution in [2.24, 2.45) is 23.7 Å². The van der Waals surface area contributed by atoms with Gasteiger partial charge >= 0.3 is 5.97 Å². The Morgan fingerprint density at radius 2 is 1.50 bits per heavy atom. The fraction of sp³-hybridized carbons (Fsp3) is 0.947. The van der Waals surface area contributed by atoms with Crippen LogP contribution >= 0.6 is 0 Å². The van der Waals surface area contributed by atoms with E-state index in [9.17, 15) is 30.0 Å². The second kappa shape index (κ2) is 17.7. The molecule has 0 unspecified atom stereocenters. The van der Waals surface area contributed by atoms with Crippen LogP contribution in [0.3, 0.4) is 0 Å². The summed E-state index contributed by atoms with van der Waals surface area (Å²) in [6, 6.07) is -0.285. The maximum atomic E-state index is 14.2. The van der Waals surface area contributed by atoms with Crippen molar-refractivity contribution in [1.82, 2.24) is 4.90 Å². The second-order valence-corrected chi connectivity index (χ2v) is 16.6. The van der Waals surface area contributed by atoms with Crippen molar-refractivity contribution in [2.75, 3.05) is 28.3 Å². The van der Waals surface area contributed by atoms with Crippen molar-refractivity contribution >= 4 is 11.8 Å². The second-order valence-electron chi connectivity index (χ2n) is 16.6. The molecule has 3 rings (SSSR count). The molecule has 0 bridgehead atoms. The number of Topliss-reactive ketones (excluding diaryl/α,β-unsaturated/α-hetero) is 1. The number of esters is 1. The number of nitrogens with zero attached hydrogens (tertiary/aromatic N) is 1. The monoisotopic (exact) mass is 747 g/mol. The van der Waals surface area contributed by atoms with Gasteiger partial charge in [-0.15, -0.1) is 0 Å². The largest absolute Gasteiger partial charge is 0.459 e. The molecule has 3 aliphatic heterocycles. The number of methoxy groups -OCH3 is 2. The van der Waals surface area contributed by atoms with Gasteiger partial charge in [0.25, 0.3) is 0 Å². The molecule has 0 aromatic carbocycles. The van der Waals surface area contributed by atoms with Crippen LogP contribution < -0.4 is 0 Å². The molecule has 52 heavy (non-hydrogen) atoms. The first kappa shape index (κ1) is 45.1. The van der Waals surface area contributed by atoms with Gasteiger partial charge in [0.15, 0.2) is 12.6 Å². The Morgan fingerprint density at radius 3 is 2.04 bits per heavy atom. The molecule has 14 heteroatoms. The summed E-state index contributed by atoms with van der Waals surface area (Å²) >= 11 is 0. The molecule has 0 amide bonds. The molecule has 0 radical (unpaired) electrons. The van der Waals surface area contributed by atoms with Crippen molar-refractivity contribution < 1.29 is 63.2 Å². The predicted molar refractivity (Wildman–Crippen MR) is 191 cm³/mol. The molecular weight excluding hydrogens is 678 g/mol. The van der Waals surface area contributed by atoms with E-state index in [-0.39, 0.29) is 37.2 Å². The fourth-order valence-corrected chi connectivity index (χ4v) is 8.38. The topological polar surface area (TPSA) is 183 Å². The van der Waals surface area contributed by atoms with Gasteiger partial charge in [0.1, 0.15) is 29.7 Å². The summed E-state index contributed by atoms with van der Waals surface area (Å²) in [7, 11) is 6.77. The lowest BCUT2D eigenvalue weighted by atomic mass is 9.72. The number of ketones is 1. The Balaban J connectivity index is 2.23. The van der Waals surface area contributed by atoms with Gasteiger partial charge in [0.2, 0.25) is 0 Å². The molecule has 0 saturated carbocycles. The minimum absolute atomic E-state index is 0.0545. The highest BCUT2D eigenvalue weighted by molar-refractivity contribution is 5.81. The molecule has 3 saturated heterocycles. The summed E-state index contributed by atoms with van der Waals surface area (Å²) in [5.74, 6) is -4.33. The standard InChI is InChI=1S/C38H69NO13/c1-15-27-37(9,45)31(42)21(4)26(40)16-19(2)38(10,47-14)33(52-35-29(41)25(39(11)12)17-20(3)48-35)22(5)30(23(6)34(44)50-27)51-28-18-36(8,46-13)32(43)24(7)49-28/h19-25,27-33,35,41-43,45H,15-18H2,1-14H3/t19-,20-,21+,22+,23-,24+,25+,27-,28+,29-,30+,31-,32+,33-,35+,36-,37-,38-/m1/s1. The molecule has 3 fully saturated rings. The van der Waals surface area contributed by atoms with Crippen molar-refractivity contribution in [2.45, 2.75) is 179 Å². The number of aliphatic hydroxyl groups excluding tert-OH is 3. The third-order valence-corrected chi connectivity index (χ3v) is 12.6. The van der Waals surface area contributed by atoms with Gasteiger partial charge in [-0.2, -0.15) is 0 Å². The van der Waals surface area contributed by atoms with Crippen LogP contribution in [0.1, 0.15) is 94.9 Å². The van der Waals surface area contributed by atoms with E-state index in [4.69, 9.17) is 33.2 Å². The third-order valence-electron chi connectivity index (χ3n) is 12.6. The molecule has 14 nitrogen and oxygen atoms in total. The van der Waals surface area contributed by atoms with E-state index < -0.39 is 102 Å². The van der Waals surface area contributed by atoms with Gasteiger partial charge in [-0.05, 0) is 74.4 Å². The smallest absolute Gasteiger partial charge is 0.311 e.